The summed E-state index contributed by atoms with van der Waals surface area (Å²) in [5, 5.41) is 0. The zero-order chi connectivity index (χ0) is 18.5. The van der Waals surface area contributed by atoms with Crippen LogP contribution in [0.15, 0.2) is 83.1 Å². The van der Waals surface area contributed by atoms with Gasteiger partial charge in [0.05, 0.1) is 5.54 Å². The minimum absolute atomic E-state index is 0.0561. The van der Waals surface area contributed by atoms with Crippen LogP contribution in [0.4, 0.5) is 0 Å². The summed E-state index contributed by atoms with van der Waals surface area (Å²) in [5.41, 5.74) is 4.92. The van der Waals surface area contributed by atoms with E-state index in [0.29, 0.717) is 5.92 Å². The van der Waals surface area contributed by atoms with Crippen LogP contribution in [0, 0.1) is 5.92 Å². The maximum Gasteiger partial charge on any atom is 0.137 e. The van der Waals surface area contributed by atoms with E-state index in [1.165, 1.54) is 22.4 Å². The zero-order valence-corrected chi connectivity index (χ0v) is 16.3. The van der Waals surface area contributed by atoms with E-state index in [2.05, 4.69) is 87.7 Å². The molecular weight excluding hydrogens is 316 g/mol. The Hall–Kier alpha value is -2.35. The predicted molar refractivity (Wildman–Crippen MR) is 110 cm³/mol. The van der Waals surface area contributed by atoms with Gasteiger partial charge in [-0.2, -0.15) is 0 Å². The van der Waals surface area contributed by atoms with Gasteiger partial charge in [-0.25, -0.2) is 0 Å². The summed E-state index contributed by atoms with van der Waals surface area (Å²) in [6.07, 6.45) is 11.1. The number of aliphatic imine (C=N–C) groups is 1. The molecule has 1 aromatic rings. The first-order chi connectivity index (χ1) is 12.4. The SMILES string of the molecule is C=C/C(=C(\C)CC(C)C)N1C(c2ccccc2)=NC23C=C(C)C=CC12C3. The Kier molecular flexibility index (Phi) is 3.83. The molecule has 1 aliphatic heterocycles. The number of nitrogens with zero attached hydrogens (tertiary/aromatic N) is 2. The van der Waals surface area contributed by atoms with Crippen LogP contribution in [0.2, 0.25) is 0 Å². The molecule has 2 aliphatic carbocycles. The monoisotopic (exact) mass is 344 g/mol. The third-order valence-corrected chi connectivity index (χ3v) is 5.79. The number of hydrogen-bond acceptors (Lipinski definition) is 2. The molecule has 0 saturated heterocycles. The average Bonchev–Trinajstić information content (AvgIpc) is 3.18. The minimum Gasteiger partial charge on any atom is -0.314 e. The molecule has 2 atom stereocenters. The molecule has 1 fully saturated rings. The standard InChI is InChI=1S/C24H28N2/c1-6-21(19(5)14-17(2)3)26-22(20-10-8-7-9-11-20)25-23-15-18(4)12-13-24(23,26)16-23/h6-13,15,17H,1,14,16H2,2-5H3/b21-19-. The van der Waals surface area contributed by atoms with Gasteiger partial charge < -0.3 is 4.90 Å². The van der Waals surface area contributed by atoms with Gasteiger partial charge in [0.1, 0.15) is 11.4 Å². The first-order valence-electron chi connectivity index (χ1n) is 9.59. The van der Waals surface area contributed by atoms with Crippen molar-refractivity contribution in [2.45, 2.75) is 51.6 Å². The van der Waals surface area contributed by atoms with E-state index in [0.717, 1.165) is 18.7 Å². The highest BCUT2D eigenvalue weighted by Crippen LogP contribution is 2.64. The van der Waals surface area contributed by atoms with Gasteiger partial charge in [-0.15, -0.1) is 0 Å². The van der Waals surface area contributed by atoms with Crippen molar-refractivity contribution in [3.63, 3.8) is 0 Å². The topological polar surface area (TPSA) is 15.6 Å². The maximum atomic E-state index is 5.27. The van der Waals surface area contributed by atoms with Crippen molar-refractivity contribution >= 4 is 5.84 Å². The third-order valence-electron chi connectivity index (χ3n) is 5.79. The van der Waals surface area contributed by atoms with E-state index in [4.69, 9.17) is 4.99 Å². The van der Waals surface area contributed by atoms with Gasteiger partial charge in [0.25, 0.3) is 0 Å². The van der Waals surface area contributed by atoms with Crippen LogP contribution >= 0.6 is 0 Å². The number of amidine groups is 1. The third kappa shape index (κ3) is 2.35. The largest absolute Gasteiger partial charge is 0.314 e. The molecule has 2 unspecified atom stereocenters. The number of hydrogen-bond donors (Lipinski definition) is 0. The molecule has 0 amide bonds. The van der Waals surface area contributed by atoms with Crippen LogP contribution in [0.25, 0.3) is 0 Å². The maximum absolute atomic E-state index is 5.27. The van der Waals surface area contributed by atoms with Crippen molar-refractivity contribution in [3.8, 4) is 0 Å². The second-order valence-corrected chi connectivity index (χ2v) is 8.35. The lowest BCUT2D eigenvalue weighted by Gasteiger charge is -2.33. The van der Waals surface area contributed by atoms with E-state index < -0.39 is 0 Å². The smallest absolute Gasteiger partial charge is 0.137 e. The molecule has 4 rings (SSSR count). The van der Waals surface area contributed by atoms with Crippen LogP contribution < -0.4 is 0 Å². The predicted octanol–water partition coefficient (Wildman–Crippen LogP) is 5.65. The van der Waals surface area contributed by atoms with E-state index >= 15 is 0 Å². The Labute approximate surface area is 157 Å². The van der Waals surface area contributed by atoms with Gasteiger partial charge in [0.15, 0.2) is 0 Å². The minimum atomic E-state index is -0.108. The molecular formula is C24H28N2. The lowest BCUT2D eigenvalue weighted by molar-refractivity contribution is 0.419. The first kappa shape index (κ1) is 17.1. The van der Waals surface area contributed by atoms with E-state index in [1.807, 2.05) is 6.08 Å². The van der Waals surface area contributed by atoms with E-state index in [9.17, 15) is 0 Å². The number of rotatable bonds is 5. The van der Waals surface area contributed by atoms with Gasteiger partial charge in [0, 0.05) is 17.7 Å². The summed E-state index contributed by atoms with van der Waals surface area (Å²) in [6.45, 7) is 13.1. The highest BCUT2D eigenvalue weighted by Gasteiger charge is 2.74. The molecule has 1 heterocycles. The summed E-state index contributed by atoms with van der Waals surface area (Å²) >= 11 is 0. The molecule has 0 bridgehead atoms. The molecule has 1 aromatic carbocycles. The molecule has 2 nitrogen and oxygen atoms in total. The van der Waals surface area contributed by atoms with Crippen LogP contribution in [-0.4, -0.2) is 21.8 Å². The quantitative estimate of drug-likeness (QED) is 0.630. The van der Waals surface area contributed by atoms with Crippen molar-refractivity contribution in [1.29, 1.82) is 0 Å². The van der Waals surface area contributed by atoms with E-state index in [1.54, 1.807) is 0 Å². The van der Waals surface area contributed by atoms with Gasteiger partial charge in [-0.1, -0.05) is 74.6 Å². The van der Waals surface area contributed by atoms with Gasteiger partial charge in [-0.3, -0.25) is 4.99 Å². The van der Waals surface area contributed by atoms with Crippen molar-refractivity contribution in [2.75, 3.05) is 0 Å². The molecule has 0 radical (unpaired) electrons. The van der Waals surface area contributed by atoms with Crippen LogP contribution in [0.3, 0.4) is 0 Å². The molecule has 1 saturated carbocycles. The first-order valence-corrected chi connectivity index (χ1v) is 9.59. The van der Waals surface area contributed by atoms with Crippen molar-refractivity contribution in [2.24, 2.45) is 10.9 Å². The van der Waals surface area contributed by atoms with Crippen molar-refractivity contribution in [1.82, 2.24) is 4.90 Å². The molecule has 134 valence electrons. The van der Waals surface area contributed by atoms with Crippen LogP contribution in [-0.2, 0) is 0 Å². The summed E-state index contributed by atoms with van der Waals surface area (Å²) in [6, 6.07) is 10.6. The summed E-state index contributed by atoms with van der Waals surface area (Å²) in [4.78, 5) is 7.74. The Morgan fingerprint density at radius 1 is 1.31 bits per heavy atom. The molecule has 0 N–H and O–H groups in total. The molecule has 0 spiro atoms. The van der Waals surface area contributed by atoms with Crippen molar-refractivity contribution in [3.05, 3.63) is 83.6 Å². The molecule has 0 aromatic heterocycles. The van der Waals surface area contributed by atoms with Crippen LogP contribution in [0.5, 0.6) is 0 Å². The Balaban J connectivity index is 1.87. The highest BCUT2D eigenvalue weighted by atomic mass is 15.4. The average molecular weight is 345 g/mol. The lowest BCUT2D eigenvalue weighted by atomic mass is 9.96. The number of allylic oxidation sites excluding steroid dienone is 4. The molecule has 26 heavy (non-hydrogen) atoms. The number of benzene rings is 1. The molecule has 2 heteroatoms. The fraction of sp³-hybridized carbons (Fsp3) is 0.375. The Morgan fingerprint density at radius 3 is 2.69 bits per heavy atom. The fourth-order valence-corrected chi connectivity index (χ4v) is 4.67. The second kappa shape index (κ2) is 5.84. The normalized spacial score (nSPS) is 29.7. The van der Waals surface area contributed by atoms with Gasteiger partial charge in [-0.05, 0) is 37.8 Å². The highest BCUT2D eigenvalue weighted by molar-refractivity contribution is 6.04. The summed E-state index contributed by atoms with van der Waals surface area (Å²) < 4.78 is 0. The van der Waals surface area contributed by atoms with Crippen LogP contribution in [0.1, 0.15) is 46.1 Å². The zero-order valence-electron chi connectivity index (χ0n) is 16.3. The lowest BCUT2D eigenvalue weighted by Crippen LogP contribution is -2.40. The summed E-state index contributed by atoms with van der Waals surface area (Å²) in [5.74, 6) is 1.70. The van der Waals surface area contributed by atoms with Gasteiger partial charge in [0.2, 0.25) is 0 Å². The van der Waals surface area contributed by atoms with Crippen molar-refractivity contribution < 1.29 is 0 Å². The Bertz CT molecular complexity index is 869. The van der Waals surface area contributed by atoms with Gasteiger partial charge >= 0.3 is 0 Å². The second-order valence-electron chi connectivity index (χ2n) is 8.35. The molecule has 3 aliphatic rings. The Morgan fingerprint density at radius 2 is 2.04 bits per heavy atom. The summed E-state index contributed by atoms with van der Waals surface area (Å²) in [7, 11) is 0. The van der Waals surface area contributed by atoms with E-state index in [-0.39, 0.29) is 11.1 Å². The fourth-order valence-electron chi connectivity index (χ4n) is 4.67.